The number of nitrogens with zero attached hydrogens (tertiary/aromatic N) is 2. The Labute approximate surface area is 106 Å². The molecule has 1 aliphatic heterocycles. The molecule has 5 nitrogen and oxygen atoms in total. The number of rotatable bonds is 3. The first-order chi connectivity index (χ1) is 8.63. The third kappa shape index (κ3) is 2.25. The Bertz CT molecular complexity index is 496. The Hall–Kier alpha value is -2.17. The van der Waals surface area contributed by atoms with Crippen molar-refractivity contribution >= 4 is 18.0 Å². The van der Waals surface area contributed by atoms with E-state index in [1.54, 1.807) is 30.6 Å². The Morgan fingerprint density at radius 3 is 2.67 bits per heavy atom. The summed E-state index contributed by atoms with van der Waals surface area (Å²) in [6.45, 7) is 3.79. The van der Waals surface area contributed by atoms with E-state index < -0.39 is 0 Å². The van der Waals surface area contributed by atoms with Crippen molar-refractivity contribution in [3.63, 3.8) is 0 Å². The van der Waals surface area contributed by atoms with Gasteiger partial charge in [0.1, 0.15) is 5.70 Å². The molecule has 18 heavy (non-hydrogen) atoms. The number of aromatic nitrogens is 1. The first-order valence-corrected chi connectivity index (χ1v) is 5.89. The van der Waals surface area contributed by atoms with Crippen LogP contribution in [0.4, 0.5) is 4.79 Å². The van der Waals surface area contributed by atoms with E-state index in [9.17, 15) is 9.59 Å². The molecule has 0 saturated carbocycles. The second kappa shape index (κ2) is 5.00. The van der Waals surface area contributed by atoms with Gasteiger partial charge in [0.05, 0.1) is 0 Å². The van der Waals surface area contributed by atoms with Gasteiger partial charge in [0, 0.05) is 18.4 Å². The summed E-state index contributed by atoms with van der Waals surface area (Å²) in [7, 11) is 0. The van der Waals surface area contributed by atoms with E-state index >= 15 is 0 Å². The van der Waals surface area contributed by atoms with Crippen molar-refractivity contribution in [2.75, 3.05) is 0 Å². The minimum atomic E-state index is -0.352. The first-order valence-electron chi connectivity index (χ1n) is 5.89. The van der Waals surface area contributed by atoms with E-state index in [0.717, 1.165) is 12.0 Å². The van der Waals surface area contributed by atoms with E-state index in [2.05, 4.69) is 10.3 Å². The van der Waals surface area contributed by atoms with E-state index in [0.29, 0.717) is 5.70 Å². The Morgan fingerprint density at radius 2 is 2.06 bits per heavy atom. The number of carbonyl (C=O) groups is 2. The van der Waals surface area contributed by atoms with Gasteiger partial charge in [0.2, 0.25) is 0 Å². The molecule has 0 bridgehead atoms. The number of amides is 3. The fourth-order valence-corrected chi connectivity index (χ4v) is 1.76. The highest BCUT2D eigenvalue weighted by Gasteiger charge is 2.36. The molecule has 5 heteroatoms. The van der Waals surface area contributed by atoms with Crippen molar-refractivity contribution in [1.29, 1.82) is 0 Å². The molecule has 1 saturated heterocycles. The normalized spacial score (nSPS) is 19.2. The lowest BCUT2D eigenvalue weighted by Crippen LogP contribution is -2.38. The zero-order valence-electron chi connectivity index (χ0n) is 10.4. The molecule has 94 valence electrons. The number of nitrogens with one attached hydrogen (secondary N) is 1. The van der Waals surface area contributed by atoms with Crippen molar-refractivity contribution in [3.05, 3.63) is 35.8 Å². The lowest BCUT2D eigenvalue weighted by molar-refractivity contribution is -0.124. The summed E-state index contributed by atoms with van der Waals surface area (Å²) in [5.41, 5.74) is 1.14. The summed E-state index contributed by atoms with van der Waals surface area (Å²) in [5, 5.41) is 2.60. The highest BCUT2D eigenvalue weighted by molar-refractivity contribution is 6.14. The maximum absolute atomic E-state index is 12.1. The van der Waals surface area contributed by atoms with Crippen LogP contribution in [-0.2, 0) is 4.79 Å². The van der Waals surface area contributed by atoms with Gasteiger partial charge in [-0.25, -0.2) is 4.79 Å². The molecule has 0 aromatic carbocycles. The molecule has 1 atom stereocenters. The fourth-order valence-electron chi connectivity index (χ4n) is 1.76. The molecule has 0 spiro atoms. The van der Waals surface area contributed by atoms with Crippen molar-refractivity contribution in [3.8, 4) is 0 Å². The molecule has 1 unspecified atom stereocenters. The van der Waals surface area contributed by atoms with Crippen LogP contribution in [0.25, 0.3) is 6.08 Å². The van der Waals surface area contributed by atoms with Crippen LogP contribution in [0.15, 0.2) is 30.2 Å². The van der Waals surface area contributed by atoms with Gasteiger partial charge in [0.15, 0.2) is 0 Å². The van der Waals surface area contributed by atoms with Gasteiger partial charge in [-0.3, -0.25) is 14.7 Å². The fraction of sp³-hybridized carbons (Fsp3) is 0.308. The minimum Gasteiger partial charge on any atom is -0.303 e. The van der Waals surface area contributed by atoms with Crippen LogP contribution in [0, 0.1) is 0 Å². The molecule has 1 N–H and O–H groups in total. The summed E-state index contributed by atoms with van der Waals surface area (Å²) in [6.07, 6.45) is 5.67. The van der Waals surface area contributed by atoms with Crippen LogP contribution < -0.4 is 5.32 Å². The summed E-state index contributed by atoms with van der Waals surface area (Å²) in [5.74, 6) is -0.272. The zero-order chi connectivity index (χ0) is 13.1. The quantitative estimate of drug-likeness (QED) is 0.652. The van der Waals surface area contributed by atoms with Gasteiger partial charge in [-0.2, -0.15) is 0 Å². The molecule has 2 rings (SSSR count). The summed E-state index contributed by atoms with van der Waals surface area (Å²) < 4.78 is 0. The van der Waals surface area contributed by atoms with Crippen LogP contribution in [0.3, 0.4) is 0 Å². The Kier molecular flexibility index (Phi) is 3.41. The Morgan fingerprint density at radius 1 is 1.39 bits per heavy atom. The molecular formula is C13H15N3O2. The lowest BCUT2D eigenvalue weighted by Gasteiger charge is -2.18. The van der Waals surface area contributed by atoms with Crippen molar-refractivity contribution in [2.24, 2.45) is 0 Å². The highest BCUT2D eigenvalue weighted by atomic mass is 16.2. The van der Waals surface area contributed by atoms with Crippen molar-refractivity contribution in [2.45, 2.75) is 26.3 Å². The third-order valence-electron chi connectivity index (χ3n) is 2.96. The van der Waals surface area contributed by atoms with Gasteiger partial charge >= 0.3 is 6.03 Å². The maximum Gasteiger partial charge on any atom is 0.329 e. The number of hydrogen-bond acceptors (Lipinski definition) is 3. The zero-order valence-corrected chi connectivity index (χ0v) is 10.4. The average Bonchev–Trinajstić information content (AvgIpc) is 2.65. The average molecular weight is 245 g/mol. The highest BCUT2D eigenvalue weighted by Crippen LogP contribution is 2.17. The van der Waals surface area contributed by atoms with Gasteiger partial charge < -0.3 is 5.32 Å². The number of urea groups is 1. The predicted molar refractivity (Wildman–Crippen MR) is 67.3 cm³/mol. The van der Waals surface area contributed by atoms with Gasteiger partial charge in [-0.05, 0) is 37.1 Å². The van der Waals surface area contributed by atoms with Crippen molar-refractivity contribution < 1.29 is 9.59 Å². The second-order valence-corrected chi connectivity index (χ2v) is 4.20. The summed E-state index contributed by atoms with van der Waals surface area (Å²) in [4.78, 5) is 29.0. The molecular weight excluding hydrogens is 230 g/mol. The molecule has 0 radical (unpaired) electrons. The molecule has 0 aliphatic carbocycles. The van der Waals surface area contributed by atoms with Gasteiger partial charge in [0.25, 0.3) is 5.91 Å². The smallest absolute Gasteiger partial charge is 0.303 e. The summed E-state index contributed by atoms with van der Waals surface area (Å²) >= 11 is 0. The molecule has 1 aliphatic rings. The van der Waals surface area contributed by atoms with Crippen LogP contribution in [0.5, 0.6) is 0 Å². The number of imide groups is 1. The molecule has 1 aromatic heterocycles. The lowest BCUT2D eigenvalue weighted by atomic mass is 10.2. The second-order valence-electron chi connectivity index (χ2n) is 4.20. The number of carbonyl (C=O) groups excluding carboxylic acids is 2. The number of pyridine rings is 1. The van der Waals surface area contributed by atoms with E-state index in [-0.39, 0.29) is 18.0 Å². The standard InChI is InChI=1S/C13H15N3O2/c1-3-9(2)16-12(17)11(15-13(16)18)8-10-4-6-14-7-5-10/h4-9H,3H2,1-2H3,(H,15,18)/b11-8-. The molecule has 1 fully saturated rings. The largest absolute Gasteiger partial charge is 0.329 e. The number of hydrogen-bond donors (Lipinski definition) is 1. The minimum absolute atomic E-state index is 0.0964. The van der Waals surface area contributed by atoms with Gasteiger partial charge in [-0.1, -0.05) is 6.92 Å². The first kappa shape index (κ1) is 12.3. The topological polar surface area (TPSA) is 62.3 Å². The van der Waals surface area contributed by atoms with Gasteiger partial charge in [-0.15, -0.1) is 0 Å². The van der Waals surface area contributed by atoms with E-state index in [1.165, 1.54) is 4.90 Å². The van der Waals surface area contributed by atoms with Crippen LogP contribution >= 0.6 is 0 Å². The molecule has 2 heterocycles. The maximum atomic E-state index is 12.1. The van der Waals surface area contributed by atoms with Crippen LogP contribution in [0.2, 0.25) is 0 Å². The van der Waals surface area contributed by atoms with E-state index in [4.69, 9.17) is 0 Å². The summed E-state index contributed by atoms with van der Waals surface area (Å²) in [6, 6.07) is 3.10. The van der Waals surface area contributed by atoms with Crippen LogP contribution in [0.1, 0.15) is 25.8 Å². The SMILES string of the molecule is CCC(C)N1C(=O)N/C(=C\c2ccncc2)C1=O. The van der Waals surface area contributed by atoms with E-state index in [1.807, 2.05) is 13.8 Å². The monoisotopic (exact) mass is 245 g/mol. The molecule has 3 amide bonds. The van der Waals surface area contributed by atoms with Crippen LogP contribution in [-0.4, -0.2) is 27.9 Å². The Balaban J connectivity index is 2.26. The van der Waals surface area contributed by atoms with Crippen molar-refractivity contribution in [1.82, 2.24) is 15.2 Å². The predicted octanol–water partition coefficient (Wildman–Crippen LogP) is 1.77. The third-order valence-corrected chi connectivity index (χ3v) is 2.96. The molecule has 1 aromatic rings.